The minimum absolute atomic E-state index is 0.0203. The Balaban J connectivity index is 1.83. The second-order valence-corrected chi connectivity index (χ2v) is 8.37. The van der Waals surface area contributed by atoms with Crippen molar-refractivity contribution in [2.24, 2.45) is 5.73 Å². The average Bonchev–Trinajstić information content (AvgIpc) is 3.22. The van der Waals surface area contributed by atoms with Gasteiger partial charge in [0.25, 0.3) is 11.5 Å². The number of aromatic amines is 1. The number of hydrogen-bond acceptors (Lipinski definition) is 5. The number of amides is 1. The van der Waals surface area contributed by atoms with Crippen molar-refractivity contribution in [2.75, 3.05) is 11.9 Å². The van der Waals surface area contributed by atoms with Crippen molar-refractivity contribution in [3.05, 3.63) is 82.3 Å². The van der Waals surface area contributed by atoms with Crippen LogP contribution in [-0.2, 0) is 0 Å². The summed E-state index contributed by atoms with van der Waals surface area (Å²) in [5, 5.41) is 12.1. The second-order valence-electron chi connectivity index (χ2n) is 8.37. The van der Waals surface area contributed by atoms with Gasteiger partial charge in [0.1, 0.15) is 0 Å². The number of para-hydroxylation sites is 1. The van der Waals surface area contributed by atoms with Crippen LogP contribution >= 0.6 is 0 Å². The molecule has 1 atom stereocenters. The maximum absolute atomic E-state index is 13.1. The van der Waals surface area contributed by atoms with Gasteiger partial charge in [-0.3, -0.25) is 14.9 Å². The number of pyridine rings is 1. The fourth-order valence-electron chi connectivity index (χ4n) is 4.20. The Bertz CT molecular complexity index is 1440. The lowest BCUT2D eigenvalue weighted by atomic mass is 10.0. The second kappa shape index (κ2) is 10.4. The normalized spacial score (nSPS) is 11.9. The van der Waals surface area contributed by atoms with Crippen LogP contribution in [0.2, 0.25) is 0 Å². The number of carboxylic acids is 1. The molecule has 1 amide bonds. The van der Waals surface area contributed by atoms with E-state index in [4.69, 9.17) is 5.73 Å². The summed E-state index contributed by atoms with van der Waals surface area (Å²) in [7, 11) is 0. The molecule has 4 rings (SSSR count). The molecule has 4 aromatic rings. The third-order valence-corrected chi connectivity index (χ3v) is 5.93. The molecule has 0 saturated heterocycles. The topological polar surface area (TPSA) is 143 Å². The highest BCUT2D eigenvalue weighted by atomic mass is 16.4. The van der Waals surface area contributed by atoms with Gasteiger partial charge in [-0.25, -0.2) is 9.78 Å². The van der Waals surface area contributed by atoms with Crippen LogP contribution in [-0.4, -0.2) is 38.1 Å². The van der Waals surface area contributed by atoms with Crippen LogP contribution in [0.15, 0.2) is 65.6 Å². The van der Waals surface area contributed by atoms with Crippen LogP contribution in [0.5, 0.6) is 0 Å². The Morgan fingerprint density at radius 3 is 2.57 bits per heavy atom. The van der Waals surface area contributed by atoms with Crippen molar-refractivity contribution in [3.8, 4) is 11.1 Å². The van der Waals surface area contributed by atoms with E-state index in [2.05, 4.69) is 15.3 Å². The molecule has 0 aliphatic rings. The van der Waals surface area contributed by atoms with Gasteiger partial charge < -0.3 is 20.4 Å². The van der Waals surface area contributed by atoms with Gasteiger partial charge in [-0.1, -0.05) is 24.6 Å². The van der Waals surface area contributed by atoms with Crippen molar-refractivity contribution < 1.29 is 14.7 Å². The zero-order chi connectivity index (χ0) is 24.9. The zero-order valence-corrected chi connectivity index (χ0v) is 19.3. The zero-order valence-electron chi connectivity index (χ0n) is 19.3. The SMILES string of the molecule is CC(CCCCN)n1c(NC(=O)c2cccc(C(=O)O)c2)nc2cccc(-c3ccc[nH]c3=O)c21. The highest BCUT2D eigenvalue weighted by Gasteiger charge is 2.22. The predicted molar refractivity (Wildman–Crippen MR) is 135 cm³/mol. The fraction of sp³-hybridized carbons (Fsp3) is 0.231. The molecule has 9 heteroatoms. The number of carboxylic acid groups (broad SMARTS) is 1. The van der Waals surface area contributed by atoms with Crippen molar-refractivity contribution in [1.82, 2.24) is 14.5 Å². The smallest absolute Gasteiger partial charge is 0.335 e. The summed E-state index contributed by atoms with van der Waals surface area (Å²) in [5.41, 5.74) is 8.25. The Morgan fingerprint density at radius 1 is 1.09 bits per heavy atom. The molecule has 0 fully saturated rings. The third kappa shape index (κ3) is 4.99. The first kappa shape index (κ1) is 23.9. The number of anilines is 1. The molecule has 180 valence electrons. The fourth-order valence-corrected chi connectivity index (χ4v) is 4.20. The predicted octanol–water partition coefficient (Wildman–Crippen LogP) is 4.03. The molecular formula is C26H27N5O4. The number of fused-ring (bicyclic) bond motifs is 1. The van der Waals surface area contributed by atoms with Gasteiger partial charge in [0, 0.05) is 28.9 Å². The van der Waals surface area contributed by atoms with Crippen molar-refractivity contribution >= 4 is 28.9 Å². The highest BCUT2D eigenvalue weighted by Crippen LogP contribution is 2.33. The average molecular weight is 474 g/mol. The lowest BCUT2D eigenvalue weighted by molar-refractivity contribution is 0.0697. The van der Waals surface area contributed by atoms with Crippen molar-refractivity contribution in [3.63, 3.8) is 0 Å². The van der Waals surface area contributed by atoms with Crippen LogP contribution in [0.4, 0.5) is 5.95 Å². The van der Waals surface area contributed by atoms with Crippen LogP contribution in [0.3, 0.4) is 0 Å². The van der Waals surface area contributed by atoms with Crippen LogP contribution in [0.1, 0.15) is 52.9 Å². The maximum Gasteiger partial charge on any atom is 0.335 e. The lowest BCUT2D eigenvalue weighted by Crippen LogP contribution is -2.18. The first-order valence-electron chi connectivity index (χ1n) is 11.4. The first-order valence-corrected chi connectivity index (χ1v) is 11.4. The Kier molecular flexibility index (Phi) is 7.07. The molecule has 0 bridgehead atoms. The number of H-pyrrole nitrogens is 1. The van der Waals surface area contributed by atoms with Gasteiger partial charge >= 0.3 is 5.97 Å². The number of imidazole rings is 1. The summed E-state index contributed by atoms with van der Waals surface area (Å²) in [6.45, 7) is 2.62. The van der Waals surface area contributed by atoms with Gasteiger partial charge in [-0.15, -0.1) is 0 Å². The molecule has 0 spiro atoms. The number of carbonyl (C=O) groups is 2. The molecule has 2 aromatic heterocycles. The summed E-state index contributed by atoms with van der Waals surface area (Å²) in [5.74, 6) is -1.26. The molecule has 2 heterocycles. The molecule has 9 nitrogen and oxygen atoms in total. The maximum atomic E-state index is 13.1. The van der Waals surface area contributed by atoms with Crippen LogP contribution in [0.25, 0.3) is 22.2 Å². The summed E-state index contributed by atoms with van der Waals surface area (Å²) < 4.78 is 1.94. The number of hydrogen-bond donors (Lipinski definition) is 4. The summed E-state index contributed by atoms with van der Waals surface area (Å²) in [6, 6.07) is 14.8. The lowest BCUT2D eigenvalue weighted by Gasteiger charge is -2.19. The van der Waals surface area contributed by atoms with E-state index < -0.39 is 11.9 Å². The van der Waals surface area contributed by atoms with Crippen molar-refractivity contribution in [1.29, 1.82) is 0 Å². The summed E-state index contributed by atoms with van der Waals surface area (Å²) in [4.78, 5) is 44.4. The highest BCUT2D eigenvalue weighted by molar-refractivity contribution is 6.06. The van der Waals surface area contributed by atoms with Crippen molar-refractivity contribution in [2.45, 2.75) is 32.2 Å². The van der Waals surface area contributed by atoms with E-state index in [0.717, 1.165) is 24.8 Å². The number of nitrogens with one attached hydrogen (secondary N) is 2. The number of benzene rings is 2. The Labute approximate surface area is 201 Å². The molecule has 0 aliphatic carbocycles. The standard InChI is InChI=1S/C26H27N5O4/c1-16(7-2-3-13-27)31-22-19(20-11-6-14-28-24(20)33)10-5-12-21(22)29-26(31)30-23(32)17-8-4-9-18(15-17)25(34)35/h4-6,8-12,14-16H,2-3,7,13,27H2,1H3,(H,28,33)(H,34,35)(H,29,30,32). The van der Waals surface area contributed by atoms with Crippen LogP contribution in [0, 0.1) is 0 Å². The summed E-state index contributed by atoms with van der Waals surface area (Å²) in [6.07, 6.45) is 4.13. The van der Waals surface area contributed by atoms with E-state index in [1.807, 2.05) is 29.7 Å². The number of unbranched alkanes of at least 4 members (excludes halogenated alkanes) is 1. The molecule has 35 heavy (non-hydrogen) atoms. The van der Waals surface area contributed by atoms with E-state index >= 15 is 0 Å². The molecule has 0 aliphatic heterocycles. The van der Waals surface area contributed by atoms with Crippen LogP contribution < -0.4 is 16.6 Å². The van der Waals surface area contributed by atoms with E-state index in [1.165, 1.54) is 18.2 Å². The number of aromatic carboxylic acids is 1. The van der Waals surface area contributed by atoms with Gasteiger partial charge in [-0.2, -0.15) is 0 Å². The van der Waals surface area contributed by atoms with E-state index in [0.29, 0.717) is 29.1 Å². The number of aromatic nitrogens is 3. The summed E-state index contributed by atoms with van der Waals surface area (Å²) >= 11 is 0. The molecular weight excluding hydrogens is 446 g/mol. The minimum atomic E-state index is -1.11. The quantitative estimate of drug-likeness (QED) is 0.270. The molecule has 5 N–H and O–H groups in total. The molecule has 0 saturated carbocycles. The van der Waals surface area contributed by atoms with E-state index in [1.54, 1.807) is 24.4 Å². The Hall–Kier alpha value is -4.24. The molecule has 0 radical (unpaired) electrons. The molecule has 2 aromatic carbocycles. The number of rotatable bonds is 9. The van der Waals surface area contributed by atoms with E-state index in [-0.39, 0.29) is 22.7 Å². The monoisotopic (exact) mass is 473 g/mol. The largest absolute Gasteiger partial charge is 0.478 e. The van der Waals surface area contributed by atoms with E-state index in [9.17, 15) is 19.5 Å². The van der Waals surface area contributed by atoms with Gasteiger partial charge in [0.2, 0.25) is 5.95 Å². The number of nitrogens with two attached hydrogens (primary N) is 1. The van der Waals surface area contributed by atoms with Gasteiger partial charge in [0.15, 0.2) is 0 Å². The first-order chi connectivity index (χ1) is 16.9. The molecule has 1 unspecified atom stereocenters. The number of carbonyl (C=O) groups excluding carboxylic acids is 1. The Morgan fingerprint density at radius 2 is 1.83 bits per heavy atom. The third-order valence-electron chi connectivity index (χ3n) is 5.93. The van der Waals surface area contributed by atoms with Gasteiger partial charge in [-0.05, 0) is 62.7 Å². The number of nitrogens with zero attached hydrogens (tertiary/aromatic N) is 2. The minimum Gasteiger partial charge on any atom is -0.478 e. The van der Waals surface area contributed by atoms with Gasteiger partial charge in [0.05, 0.1) is 16.6 Å².